The average Bonchev–Trinajstić information content (AvgIpc) is 2.85. The number of nitrogens with one attached hydrogen (secondary N) is 1. The Morgan fingerprint density at radius 3 is 1.94 bits per heavy atom. The molecule has 4 rings (SSSR count). The predicted octanol–water partition coefficient (Wildman–Crippen LogP) is 5.98. The van der Waals surface area contributed by atoms with Crippen molar-refractivity contribution in [2.75, 3.05) is 12.4 Å². The van der Waals surface area contributed by atoms with Crippen LogP contribution < -0.4 is 15.8 Å². The average molecular weight is 532 g/mol. The van der Waals surface area contributed by atoms with Gasteiger partial charge in [-0.25, -0.2) is 8.78 Å². The van der Waals surface area contributed by atoms with Crippen molar-refractivity contribution in [3.8, 4) is 16.9 Å². The topological polar surface area (TPSA) is 77.2 Å². The fourth-order valence-corrected chi connectivity index (χ4v) is 3.96. The highest BCUT2D eigenvalue weighted by Gasteiger charge is 2.28. The number of anilines is 1. The van der Waals surface area contributed by atoms with Crippen LogP contribution in [0, 0.1) is 11.6 Å². The summed E-state index contributed by atoms with van der Waals surface area (Å²) in [6.07, 6.45) is 2.79. The van der Waals surface area contributed by atoms with Gasteiger partial charge in [0.25, 0.3) is 0 Å². The third-order valence-electron chi connectivity index (χ3n) is 5.56. The van der Waals surface area contributed by atoms with Gasteiger partial charge in [-0.3, -0.25) is 9.78 Å². The summed E-state index contributed by atoms with van der Waals surface area (Å²) in [4.78, 5) is 17.0. The van der Waals surface area contributed by atoms with E-state index in [9.17, 15) is 13.6 Å². The predicted molar refractivity (Wildman–Crippen MR) is 142 cm³/mol. The second kappa shape index (κ2) is 13.0. The van der Waals surface area contributed by atoms with Crippen molar-refractivity contribution < 1.29 is 18.3 Å². The zero-order chi connectivity index (χ0) is 24.1. The van der Waals surface area contributed by atoms with Gasteiger partial charge in [0.2, 0.25) is 5.91 Å². The first-order chi connectivity index (χ1) is 16.5. The molecule has 0 aliphatic heterocycles. The third kappa shape index (κ3) is 6.18. The molecule has 1 aromatic heterocycles. The number of amides is 1. The lowest BCUT2D eigenvalue weighted by molar-refractivity contribution is -0.117. The van der Waals surface area contributed by atoms with E-state index in [0.717, 1.165) is 23.3 Å². The highest BCUT2D eigenvalue weighted by Crippen LogP contribution is 2.35. The maximum Gasteiger partial charge on any atom is 0.242 e. The van der Waals surface area contributed by atoms with Gasteiger partial charge in [-0.2, -0.15) is 0 Å². The first-order valence-electron chi connectivity index (χ1n) is 10.6. The largest absolute Gasteiger partial charge is 0.494 e. The number of aromatic nitrogens is 1. The number of benzene rings is 3. The summed E-state index contributed by atoms with van der Waals surface area (Å²) in [6.45, 7) is 0. The van der Waals surface area contributed by atoms with E-state index in [1.807, 2.05) is 60.7 Å². The van der Waals surface area contributed by atoms with Crippen LogP contribution in [0.1, 0.15) is 17.0 Å². The van der Waals surface area contributed by atoms with Crippen molar-refractivity contribution in [2.24, 2.45) is 5.73 Å². The molecule has 36 heavy (non-hydrogen) atoms. The normalized spacial score (nSPS) is 11.1. The number of hydrogen-bond donors (Lipinski definition) is 2. The molecule has 0 spiro atoms. The van der Waals surface area contributed by atoms with Gasteiger partial charge < -0.3 is 15.8 Å². The molecular formula is C27H25Cl2F2N3O2. The molecule has 0 aliphatic carbocycles. The third-order valence-corrected chi connectivity index (χ3v) is 5.56. The number of pyridine rings is 1. The Labute approximate surface area is 220 Å². The van der Waals surface area contributed by atoms with Gasteiger partial charge in [0.1, 0.15) is 17.4 Å². The lowest BCUT2D eigenvalue weighted by Gasteiger charge is -2.24. The molecule has 4 aromatic rings. The highest BCUT2D eigenvalue weighted by molar-refractivity contribution is 5.96. The number of halogens is 4. The SMILES string of the molecule is COc1cnccc1-c1c(F)cc(NC(=O)[C@@H](N)C(c2ccccc2)c2ccccc2)cc1F.Cl.Cl. The standard InChI is InChI=1S/C27H23F2N3O2.2ClH/c1-34-23-16-31-13-12-20(23)25-21(28)14-19(15-22(25)29)32-27(33)26(30)24(17-8-4-2-5-9-17)18-10-6-3-7-11-18;;/h2-16,24,26H,30H2,1H3,(H,32,33);2*1H/t26-;;/m0../s1. The molecule has 1 atom stereocenters. The summed E-state index contributed by atoms with van der Waals surface area (Å²) in [5.41, 5.74) is 8.01. The summed E-state index contributed by atoms with van der Waals surface area (Å²) in [5.74, 6) is -2.48. The van der Waals surface area contributed by atoms with Crippen molar-refractivity contribution in [2.45, 2.75) is 12.0 Å². The van der Waals surface area contributed by atoms with Crippen LogP contribution in [-0.4, -0.2) is 24.0 Å². The molecule has 3 aromatic carbocycles. The van der Waals surface area contributed by atoms with Crippen LogP contribution in [0.25, 0.3) is 11.1 Å². The van der Waals surface area contributed by atoms with E-state index in [-0.39, 0.29) is 47.4 Å². The van der Waals surface area contributed by atoms with Crippen molar-refractivity contribution in [3.05, 3.63) is 114 Å². The minimum absolute atomic E-state index is 0. The van der Waals surface area contributed by atoms with Crippen molar-refractivity contribution in [1.82, 2.24) is 4.98 Å². The maximum atomic E-state index is 15.0. The number of methoxy groups -OCH3 is 1. The van der Waals surface area contributed by atoms with Gasteiger partial charge in [0.15, 0.2) is 0 Å². The van der Waals surface area contributed by atoms with Crippen molar-refractivity contribution in [1.29, 1.82) is 0 Å². The molecule has 1 amide bonds. The molecule has 0 saturated carbocycles. The molecule has 0 aliphatic rings. The number of nitrogens with two attached hydrogens (primary N) is 1. The van der Waals surface area contributed by atoms with Gasteiger partial charge in [-0.05, 0) is 29.3 Å². The number of carbonyl (C=O) groups is 1. The number of hydrogen-bond acceptors (Lipinski definition) is 4. The van der Waals surface area contributed by atoms with E-state index in [0.29, 0.717) is 0 Å². The van der Waals surface area contributed by atoms with Crippen LogP contribution in [0.2, 0.25) is 0 Å². The van der Waals surface area contributed by atoms with E-state index in [4.69, 9.17) is 10.5 Å². The molecule has 0 bridgehead atoms. The second-order valence-electron chi connectivity index (χ2n) is 7.70. The summed E-state index contributed by atoms with van der Waals surface area (Å²) >= 11 is 0. The Kier molecular flexibility index (Phi) is 10.3. The molecule has 3 N–H and O–H groups in total. The minimum atomic E-state index is -1.00. The molecule has 0 radical (unpaired) electrons. The van der Waals surface area contributed by atoms with Crippen LogP contribution in [-0.2, 0) is 4.79 Å². The van der Waals surface area contributed by atoms with E-state index < -0.39 is 29.5 Å². The molecule has 9 heteroatoms. The molecule has 188 valence electrons. The van der Waals surface area contributed by atoms with Crippen LogP contribution in [0.15, 0.2) is 91.3 Å². The van der Waals surface area contributed by atoms with Gasteiger partial charge in [-0.1, -0.05) is 60.7 Å². The van der Waals surface area contributed by atoms with Gasteiger partial charge >= 0.3 is 0 Å². The summed E-state index contributed by atoms with van der Waals surface area (Å²) in [6, 6.07) is 21.4. The van der Waals surface area contributed by atoms with Gasteiger partial charge in [0, 0.05) is 23.4 Å². The Morgan fingerprint density at radius 1 is 0.917 bits per heavy atom. The van der Waals surface area contributed by atoms with Gasteiger partial charge in [-0.15, -0.1) is 24.8 Å². The lowest BCUT2D eigenvalue weighted by Crippen LogP contribution is -2.41. The number of ether oxygens (including phenoxy) is 1. The van der Waals surface area contributed by atoms with E-state index in [1.165, 1.54) is 25.6 Å². The van der Waals surface area contributed by atoms with E-state index >= 15 is 0 Å². The fraction of sp³-hybridized carbons (Fsp3) is 0.111. The molecule has 1 heterocycles. The Bertz CT molecular complexity index is 1230. The Hall–Kier alpha value is -3.52. The number of carbonyl (C=O) groups excluding carboxylic acids is 1. The zero-order valence-corrected chi connectivity index (χ0v) is 20.9. The molecule has 0 unspecified atom stereocenters. The Balaban J connectivity index is 0.00000228. The van der Waals surface area contributed by atoms with Gasteiger partial charge in [0.05, 0.1) is 24.9 Å². The van der Waals surface area contributed by atoms with Crippen LogP contribution in [0.4, 0.5) is 14.5 Å². The van der Waals surface area contributed by atoms with Crippen LogP contribution in [0.5, 0.6) is 5.75 Å². The van der Waals surface area contributed by atoms with Crippen LogP contribution in [0.3, 0.4) is 0 Å². The fourth-order valence-electron chi connectivity index (χ4n) is 3.96. The molecule has 0 fully saturated rings. The quantitative estimate of drug-likeness (QED) is 0.307. The summed E-state index contributed by atoms with van der Waals surface area (Å²) in [7, 11) is 1.39. The number of rotatable bonds is 7. The van der Waals surface area contributed by atoms with Crippen LogP contribution >= 0.6 is 24.8 Å². The zero-order valence-electron chi connectivity index (χ0n) is 19.2. The lowest BCUT2D eigenvalue weighted by atomic mass is 9.85. The Morgan fingerprint density at radius 2 is 1.44 bits per heavy atom. The molecule has 5 nitrogen and oxygen atoms in total. The first kappa shape index (κ1) is 28.7. The first-order valence-corrected chi connectivity index (χ1v) is 10.6. The monoisotopic (exact) mass is 531 g/mol. The summed E-state index contributed by atoms with van der Waals surface area (Å²) in [5, 5.41) is 2.56. The second-order valence-corrected chi connectivity index (χ2v) is 7.70. The summed E-state index contributed by atoms with van der Waals surface area (Å²) < 4.78 is 35.1. The van der Waals surface area contributed by atoms with E-state index in [1.54, 1.807) is 0 Å². The van der Waals surface area contributed by atoms with Crippen molar-refractivity contribution in [3.63, 3.8) is 0 Å². The van der Waals surface area contributed by atoms with E-state index in [2.05, 4.69) is 10.3 Å². The van der Waals surface area contributed by atoms with Crippen molar-refractivity contribution >= 4 is 36.4 Å². The maximum absolute atomic E-state index is 15.0. The number of nitrogens with zero attached hydrogens (tertiary/aromatic N) is 1. The smallest absolute Gasteiger partial charge is 0.242 e. The highest BCUT2D eigenvalue weighted by atomic mass is 35.5. The molecular weight excluding hydrogens is 507 g/mol. The minimum Gasteiger partial charge on any atom is -0.494 e. The molecule has 0 saturated heterocycles.